The average Bonchev–Trinajstić information content (AvgIpc) is 2.69. The van der Waals surface area contributed by atoms with Crippen molar-refractivity contribution in [2.75, 3.05) is 0 Å². The van der Waals surface area contributed by atoms with E-state index in [1.807, 2.05) is 74.5 Å². The first-order chi connectivity index (χ1) is 13.0. The molecule has 0 aliphatic carbocycles. The van der Waals surface area contributed by atoms with Gasteiger partial charge in [0, 0.05) is 36.4 Å². The van der Waals surface area contributed by atoms with E-state index in [9.17, 15) is 9.59 Å². The molecule has 1 heterocycles. The molecule has 2 aromatic carbocycles. The highest BCUT2D eigenvalue weighted by Crippen LogP contribution is 2.27. The fraction of sp³-hybridized carbons (Fsp3) is 0.208. The van der Waals surface area contributed by atoms with Crippen molar-refractivity contribution in [2.45, 2.75) is 32.6 Å². The van der Waals surface area contributed by atoms with Gasteiger partial charge in [0.2, 0.25) is 0 Å². The topological polar surface area (TPSA) is 47.0 Å². The summed E-state index contributed by atoms with van der Waals surface area (Å²) in [7, 11) is 0. The monoisotopic (exact) mass is 357 g/mol. The maximum Gasteiger partial charge on any atom is 0.163 e. The number of ketones is 2. The van der Waals surface area contributed by atoms with E-state index in [1.165, 1.54) is 0 Å². The van der Waals surface area contributed by atoms with Gasteiger partial charge in [-0.1, -0.05) is 59.7 Å². The Morgan fingerprint density at radius 2 is 1.11 bits per heavy atom. The van der Waals surface area contributed by atoms with Crippen LogP contribution in [0.4, 0.5) is 0 Å². The van der Waals surface area contributed by atoms with Crippen molar-refractivity contribution in [1.29, 1.82) is 0 Å². The number of hydrogen-bond acceptors (Lipinski definition) is 3. The van der Waals surface area contributed by atoms with E-state index in [-0.39, 0.29) is 17.5 Å². The molecule has 0 aliphatic heterocycles. The number of aromatic nitrogens is 1. The van der Waals surface area contributed by atoms with E-state index in [1.54, 1.807) is 12.4 Å². The summed E-state index contributed by atoms with van der Waals surface area (Å²) in [6.45, 7) is 3.99. The molecule has 0 bridgehead atoms. The third kappa shape index (κ3) is 4.98. The minimum atomic E-state index is -0.171. The number of rotatable bonds is 7. The van der Waals surface area contributed by atoms with Crippen molar-refractivity contribution in [3.63, 3.8) is 0 Å². The third-order valence-corrected chi connectivity index (χ3v) is 4.79. The van der Waals surface area contributed by atoms with Crippen LogP contribution in [0.5, 0.6) is 0 Å². The number of benzene rings is 2. The Morgan fingerprint density at radius 3 is 1.52 bits per heavy atom. The quantitative estimate of drug-likeness (QED) is 0.537. The highest BCUT2D eigenvalue weighted by Gasteiger charge is 2.21. The van der Waals surface area contributed by atoms with Gasteiger partial charge in [0.25, 0.3) is 0 Å². The van der Waals surface area contributed by atoms with Gasteiger partial charge in [0.05, 0.1) is 0 Å². The van der Waals surface area contributed by atoms with Gasteiger partial charge in [-0.05, 0) is 37.5 Å². The molecule has 0 fully saturated rings. The lowest BCUT2D eigenvalue weighted by atomic mass is 9.86. The highest BCUT2D eigenvalue weighted by molar-refractivity contribution is 5.99. The second-order valence-electron chi connectivity index (χ2n) is 6.96. The number of carbonyl (C=O) groups is 2. The molecule has 0 amide bonds. The molecule has 0 spiro atoms. The molecule has 0 aliphatic rings. The Balaban J connectivity index is 1.81. The third-order valence-electron chi connectivity index (χ3n) is 4.79. The molecule has 0 saturated heterocycles. The maximum absolute atomic E-state index is 12.8. The van der Waals surface area contributed by atoms with Crippen LogP contribution in [0.1, 0.15) is 56.2 Å². The van der Waals surface area contributed by atoms with Crippen LogP contribution in [0.3, 0.4) is 0 Å². The van der Waals surface area contributed by atoms with Crippen LogP contribution < -0.4 is 0 Å². The normalized spacial score (nSPS) is 10.8. The van der Waals surface area contributed by atoms with Gasteiger partial charge < -0.3 is 0 Å². The summed E-state index contributed by atoms with van der Waals surface area (Å²) in [6, 6.07) is 18.9. The van der Waals surface area contributed by atoms with Crippen LogP contribution in [0.15, 0.2) is 73.1 Å². The molecule has 3 rings (SSSR count). The van der Waals surface area contributed by atoms with Crippen LogP contribution in [-0.4, -0.2) is 16.6 Å². The molecule has 0 N–H and O–H groups in total. The largest absolute Gasteiger partial charge is 0.294 e. The first-order valence-electron chi connectivity index (χ1n) is 9.12. The van der Waals surface area contributed by atoms with E-state index in [0.717, 1.165) is 16.7 Å². The smallest absolute Gasteiger partial charge is 0.163 e. The Bertz CT molecular complexity index is 853. The van der Waals surface area contributed by atoms with Gasteiger partial charge in [0.15, 0.2) is 11.6 Å². The van der Waals surface area contributed by atoms with E-state index >= 15 is 0 Å². The van der Waals surface area contributed by atoms with E-state index < -0.39 is 0 Å². The fourth-order valence-corrected chi connectivity index (χ4v) is 3.11. The van der Waals surface area contributed by atoms with Crippen molar-refractivity contribution in [2.24, 2.45) is 0 Å². The van der Waals surface area contributed by atoms with Crippen molar-refractivity contribution < 1.29 is 9.59 Å². The molecule has 136 valence electrons. The number of Topliss-reactive ketones (excluding diaryl/α,β-unsaturated/α-hetero) is 2. The second kappa shape index (κ2) is 8.54. The van der Waals surface area contributed by atoms with Gasteiger partial charge >= 0.3 is 0 Å². The summed E-state index contributed by atoms with van der Waals surface area (Å²) in [6.07, 6.45) is 4.00. The Morgan fingerprint density at radius 1 is 0.704 bits per heavy atom. The minimum absolute atomic E-state index is 0.0496. The summed E-state index contributed by atoms with van der Waals surface area (Å²) < 4.78 is 0. The first-order valence-corrected chi connectivity index (χ1v) is 9.12. The zero-order valence-electron chi connectivity index (χ0n) is 15.7. The molecule has 1 aromatic heterocycles. The van der Waals surface area contributed by atoms with Gasteiger partial charge in [-0.2, -0.15) is 0 Å². The number of carbonyl (C=O) groups excluding carboxylic acids is 2. The summed E-state index contributed by atoms with van der Waals surface area (Å²) in [5.41, 5.74) is 4.56. The van der Waals surface area contributed by atoms with Gasteiger partial charge in [-0.15, -0.1) is 0 Å². The molecule has 3 nitrogen and oxygen atoms in total. The van der Waals surface area contributed by atoms with E-state index in [2.05, 4.69) is 4.98 Å². The fourth-order valence-electron chi connectivity index (χ4n) is 3.11. The Labute approximate surface area is 160 Å². The summed E-state index contributed by atoms with van der Waals surface area (Å²) >= 11 is 0. The Kier molecular flexibility index (Phi) is 5.92. The van der Waals surface area contributed by atoms with E-state index in [4.69, 9.17) is 0 Å². The lowest BCUT2D eigenvalue weighted by Crippen LogP contribution is -2.13. The summed E-state index contributed by atoms with van der Waals surface area (Å²) in [4.78, 5) is 29.6. The molecular weight excluding hydrogens is 334 g/mol. The summed E-state index contributed by atoms with van der Waals surface area (Å²) in [5.74, 6) is -0.0716. The van der Waals surface area contributed by atoms with Gasteiger partial charge in [0.1, 0.15) is 0 Å². The average molecular weight is 357 g/mol. The lowest BCUT2D eigenvalue weighted by Gasteiger charge is -2.16. The first kappa shape index (κ1) is 18.7. The molecule has 0 unspecified atom stereocenters. The highest BCUT2D eigenvalue weighted by atomic mass is 16.1. The van der Waals surface area contributed by atoms with Crippen LogP contribution in [0.25, 0.3) is 0 Å². The SMILES string of the molecule is Cc1ccc(C(=O)CC(CC(=O)c2ccc(C)cc2)c2ccncc2)cc1. The molecule has 3 heteroatoms. The van der Waals surface area contributed by atoms with Crippen molar-refractivity contribution in [1.82, 2.24) is 4.98 Å². The number of pyridine rings is 1. The van der Waals surface area contributed by atoms with Crippen molar-refractivity contribution in [3.05, 3.63) is 101 Å². The van der Waals surface area contributed by atoms with Crippen molar-refractivity contribution >= 4 is 11.6 Å². The van der Waals surface area contributed by atoms with Crippen LogP contribution in [0.2, 0.25) is 0 Å². The molecule has 27 heavy (non-hydrogen) atoms. The molecule has 0 saturated carbocycles. The Hall–Kier alpha value is -3.07. The van der Waals surface area contributed by atoms with Crippen molar-refractivity contribution in [3.8, 4) is 0 Å². The predicted molar refractivity (Wildman–Crippen MR) is 107 cm³/mol. The van der Waals surface area contributed by atoms with Gasteiger partial charge in [-0.25, -0.2) is 0 Å². The van der Waals surface area contributed by atoms with Crippen LogP contribution >= 0.6 is 0 Å². The number of hydrogen-bond donors (Lipinski definition) is 0. The zero-order valence-corrected chi connectivity index (χ0v) is 15.7. The zero-order chi connectivity index (χ0) is 19.2. The van der Waals surface area contributed by atoms with E-state index in [0.29, 0.717) is 24.0 Å². The molecule has 0 radical (unpaired) electrons. The molecule has 3 aromatic rings. The summed E-state index contributed by atoms with van der Waals surface area (Å²) in [5, 5.41) is 0. The number of aryl methyl sites for hydroxylation is 2. The standard InChI is InChI=1S/C24H23NO2/c1-17-3-7-20(8-4-17)23(26)15-22(19-11-13-25-14-12-19)16-24(27)21-9-5-18(2)6-10-21/h3-14,22H,15-16H2,1-2H3. The maximum atomic E-state index is 12.8. The molecule has 0 atom stereocenters. The van der Waals surface area contributed by atoms with Gasteiger partial charge in [-0.3, -0.25) is 14.6 Å². The van der Waals surface area contributed by atoms with Crippen LogP contribution in [-0.2, 0) is 0 Å². The van der Waals surface area contributed by atoms with Crippen LogP contribution in [0, 0.1) is 13.8 Å². The second-order valence-corrected chi connectivity index (χ2v) is 6.96. The minimum Gasteiger partial charge on any atom is -0.294 e. The lowest BCUT2D eigenvalue weighted by molar-refractivity contribution is 0.0944. The predicted octanol–water partition coefficient (Wildman–Crippen LogP) is 5.33. The number of nitrogens with zero attached hydrogens (tertiary/aromatic N) is 1. The molecular formula is C24H23NO2.